The lowest BCUT2D eigenvalue weighted by Crippen LogP contribution is -2.26. The highest BCUT2D eigenvalue weighted by Crippen LogP contribution is 2.15. The lowest BCUT2D eigenvalue weighted by atomic mass is 10.3. The molecular formula is C12H17ClN6O2. The number of aryl methyl sites for hydroxylation is 1. The zero-order valence-corrected chi connectivity index (χ0v) is 12.4. The second kappa shape index (κ2) is 7.75. The molecule has 2 aromatic heterocycles. The van der Waals surface area contributed by atoms with Crippen LogP contribution < -0.4 is 10.9 Å². The number of methoxy groups -OCH3 is 1. The van der Waals surface area contributed by atoms with Gasteiger partial charge in [-0.1, -0.05) is 11.6 Å². The number of nitrogens with one attached hydrogen (secondary N) is 2. The summed E-state index contributed by atoms with van der Waals surface area (Å²) in [4.78, 5) is 16.0. The number of anilines is 1. The van der Waals surface area contributed by atoms with E-state index in [4.69, 9.17) is 16.3 Å². The molecule has 8 nitrogen and oxygen atoms in total. The maximum Gasteiger partial charge on any atom is 0.287 e. The van der Waals surface area contributed by atoms with E-state index in [0.717, 1.165) is 18.7 Å². The van der Waals surface area contributed by atoms with Gasteiger partial charge in [0.25, 0.3) is 5.56 Å². The molecule has 0 aliphatic heterocycles. The minimum absolute atomic E-state index is 0.140. The Kier molecular flexibility index (Phi) is 5.70. The van der Waals surface area contributed by atoms with Gasteiger partial charge in [-0.25, -0.2) is 9.67 Å². The summed E-state index contributed by atoms with van der Waals surface area (Å²) in [6.45, 7) is 1.44. The summed E-state index contributed by atoms with van der Waals surface area (Å²) in [5.41, 5.74) is 0.210. The molecule has 114 valence electrons. The fourth-order valence-electron chi connectivity index (χ4n) is 1.76. The topological polar surface area (TPSA) is 97.7 Å². The van der Waals surface area contributed by atoms with Crippen LogP contribution in [0, 0.1) is 0 Å². The minimum Gasteiger partial charge on any atom is -0.383 e. The molecule has 2 rings (SSSR count). The third kappa shape index (κ3) is 4.27. The third-order valence-corrected chi connectivity index (χ3v) is 3.23. The van der Waals surface area contributed by atoms with Crippen LogP contribution in [0.5, 0.6) is 0 Å². The summed E-state index contributed by atoms with van der Waals surface area (Å²) < 4.78 is 6.20. The zero-order valence-electron chi connectivity index (χ0n) is 11.7. The number of aromatic nitrogens is 5. The van der Waals surface area contributed by atoms with E-state index in [1.54, 1.807) is 13.3 Å². The first-order valence-electron chi connectivity index (χ1n) is 6.55. The van der Waals surface area contributed by atoms with Crippen LogP contribution in [0.25, 0.3) is 0 Å². The number of halogens is 1. The van der Waals surface area contributed by atoms with Gasteiger partial charge in [-0.05, 0) is 6.42 Å². The van der Waals surface area contributed by atoms with Gasteiger partial charge in [0.2, 0.25) is 0 Å². The van der Waals surface area contributed by atoms with Gasteiger partial charge in [-0.15, -0.1) is 0 Å². The average Bonchev–Trinajstić information content (AvgIpc) is 3.00. The Labute approximate surface area is 126 Å². The molecule has 9 heteroatoms. The van der Waals surface area contributed by atoms with Crippen molar-refractivity contribution in [2.75, 3.05) is 25.6 Å². The molecule has 0 aliphatic rings. The van der Waals surface area contributed by atoms with Crippen molar-refractivity contribution >= 4 is 17.3 Å². The van der Waals surface area contributed by atoms with Gasteiger partial charge >= 0.3 is 0 Å². The SMILES string of the molecule is COCCn1ncc(NCCCc2ncn[nH]2)c(Cl)c1=O. The molecule has 0 atom stereocenters. The van der Waals surface area contributed by atoms with Crippen molar-refractivity contribution in [3.05, 3.63) is 33.7 Å². The summed E-state index contributed by atoms with van der Waals surface area (Å²) in [7, 11) is 1.57. The summed E-state index contributed by atoms with van der Waals surface area (Å²) in [6, 6.07) is 0. The van der Waals surface area contributed by atoms with Crippen molar-refractivity contribution < 1.29 is 4.74 Å². The lowest BCUT2D eigenvalue weighted by Gasteiger charge is -2.09. The molecule has 2 heterocycles. The molecule has 0 aliphatic carbocycles. The van der Waals surface area contributed by atoms with Gasteiger partial charge < -0.3 is 10.1 Å². The summed E-state index contributed by atoms with van der Waals surface area (Å²) >= 11 is 6.05. The van der Waals surface area contributed by atoms with Crippen LogP contribution in [-0.2, 0) is 17.7 Å². The fourth-order valence-corrected chi connectivity index (χ4v) is 1.97. The van der Waals surface area contributed by atoms with Crippen molar-refractivity contribution in [3.8, 4) is 0 Å². The second-order valence-corrected chi connectivity index (χ2v) is 4.73. The van der Waals surface area contributed by atoms with Crippen LogP contribution in [0.1, 0.15) is 12.2 Å². The highest BCUT2D eigenvalue weighted by atomic mass is 35.5. The predicted octanol–water partition coefficient (Wildman–Crippen LogP) is 0.706. The van der Waals surface area contributed by atoms with E-state index < -0.39 is 0 Å². The van der Waals surface area contributed by atoms with Crippen molar-refractivity contribution in [1.29, 1.82) is 0 Å². The number of H-pyrrole nitrogens is 1. The molecular weight excluding hydrogens is 296 g/mol. The molecule has 0 unspecified atom stereocenters. The summed E-state index contributed by atoms with van der Waals surface area (Å²) in [5, 5.41) is 13.9. The number of hydrogen-bond donors (Lipinski definition) is 2. The van der Waals surface area contributed by atoms with Gasteiger partial charge in [-0.2, -0.15) is 10.2 Å². The number of aromatic amines is 1. The molecule has 21 heavy (non-hydrogen) atoms. The average molecular weight is 313 g/mol. The van der Waals surface area contributed by atoms with Crippen LogP contribution in [-0.4, -0.2) is 45.2 Å². The third-order valence-electron chi connectivity index (χ3n) is 2.86. The van der Waals surface area contributed by atoms with E-state index in [2.05, 4.69) is 25.6 Å². The Bertz CT molecular complexity index is 613. The lowest BCUT2D eigenvalue weighted by molar-refractivity contribution is 0.182. The molecule has 0 saturated carbocycles. The van der Waals surface area contributed by atoms with Gasteiger partial charge in [-0.3, -0.25) is 9.89 Å². The quantitative estimate of drug-likeness (QED) is 0.697. The molecule has 0 fully saturated rings. The Morgan fingerprint density at radius 2 is 2.38 bits per heavy atom. The molecule has 0 saturated heterocycles. The zero-order chi connectivity index (χ0) is 15.1. The number of rotatable bonds is 8. The van der Waals surface area contributed by atoms with E-state index in [-0.39, 0.29) is 10.6 Å². The van der Waals surface area contributed by atoms with Gasteiger partial charge in [0, 0.05) is 20.1 Å². The van der Waals surface area contributed by atoms with Crippen LogP contribution in [0.4, 0.5) is 5.69 Å². The Hall–Kier alpha value is -1.93. The summed E-state index contributed by atoms with van der Waals surface area (Å²) in [6.07, 6.45) is 4.62. The predicted molar refractivity (Wildman–Crippen MR) is 78.6 cm³/mol. The van der Waals surface area contributed by atoms with Crippen molar-refractivity contribution in [2.24, 2.45) is 0 Å². The molecule has 0 amide bonds. The molecule has 2 aromatic rings. The van der Waals surface area contributed by atoms with Crippen LogP contribution in [0.2, 0.25) is 5.02 Å². The monoisotopic (exact) mass is 312 g/mol. The van der Waals surface area contributed by atoms with E-state index >= 15 is 0 Å². The first-order chi connectivity index (χ1) is 10.2. The van der Waals surface area contributed by atoms with Gasteiger partial charge in [0.1, 0.15) is 17.2 Å². The van der Waals surface area contributed by atoms with Crippen molar-refractivity contribution in [1.82, 2.24) is 25.0 Å². The van der Waals surface area contributed by atoms with E-state index in [1.165, 1.54) is 11.0 Å². The van der Waals surface area contributed by atoms with E-state index in [0.29, 0.717) is 25.4 Å². The highest BCUT2D eigenvalue weighted by molar-refractivity contribution is 6.32. The Morgan fingerprint density at radius 1 is 1.52 bits per heavy atom. The molecule has 2 N–H and O–H groups in total. The van der Waals surface area contributed by atoms with E-state index in [9.17, 15) is 4.79 Å². The van der Waals surface area contributed by atoms with E-state index in [1.807, 2.05) is 0 Å². The molecule has 0 radical (unpaired) electrons. The Balaban J connectivity index is 1.88. The van der Waals surface area contributed by atoms with Crippen LogP contribution in [0.15, 0.2) is 17.3 Å². The first kappa shape index (κ1) is 15.5. The Morgan fingerprint density at radius 3 is 3.10 bits per heavy atom. The van der Waals surface area contributed by atoms with Gasteiger partial charge in [0.15, 0.2) is 0 Å². The number of hydrogen-bond acceptors (Lipinski definition) is 6. The van der Waals surface area contributed by atoms with Crippen molar-refractivity contribution in [2.45, 2.75) is 19.4 Å². The number of ether oxygens (including phenoxy) is 1. The molecule has 0 spiro atoms. The maximum atomic E-state index is 12.0. The standard InChI is InChI=1S/C12H17ClN6O2/c1-21-6-5-19-12(20)11(13)9(7-17-19)14-4-2-3-10-15-8-16-18-10/h7-8,14H,2-6H2,1H3,(H,15,16,18). The van der Waals surface area contributed by atoms with Crippen LogP contribution >= 0.6 is 11.6 Å². The fraction of sp³-hybridized carbons (Fsp3) is 0.500. The maximum absolute atomic E-state index is 12.0. The highest BCUT2D eigenvalue weighted by Gasteiger charge is 2.08. The molecule has 0 bridgehead atoms. The van der Waals surface area contributed by atoms with Crippen LogP contribution in [0.3, 0.4) is 0 Å². The van der Waals surface area contributed by atoms with Gasteiger partial charge in [0.05, 0.1) is 25.0 Å². The summed E-state index contributed by atoms with van der Waals surface area (Å²) in [5.74, 6) is 0.830. The second-order valence-electron chi connectivity index (χ2n) is 4.36. The normalized spacial score (nSPS) is 10.8. The smallest absolute Gasteiger partial charge is 0.287 e. The largest absolute Gasteiger partial charge is 0.383 e. The minimum atomic E-state index is -0.325. The number of nitrogens with zero attached hydrogens (tertiary/aromatic N) is 4. The molecule has 0 aromatic carbocycles. The first-order valence-corrected chi connectivity index (χ1v) is 6.93. The van der Waals surface area contributed by atoms with Crippen molar-refractivity contribution in [3.63, 3.8) is 0 Å².